The van der Waals surface area contributed by atoms with Crippen LogP contribution >= 0.6 is 0 Å². The maximum atomic E-state index is 12.7. The molecule has 0 fully saturated rings. The molecular formula is C27H26N2O5. The molecule has 7 heteroatoms. The first-order valence-electron chi connectivity index (χ1n) is 11.1. The average Bonchev–Trinajstić information content (AvgIpc) is 3.14. The van der Waals surface area contributed by atoms with E-state index in [-0.39, 0.29) is 29.7 Å². The van der Waals surface area contributed by atoms with Crippen LogP contribution in [-0.4, -0.2) is 35.7 Å². The molecule has 0 heterocycles. The second-order valence-corrected chi connectivity index (χ2v) is 8.53. The van der Waals surface area contributed by atoms with Crippen LogP contribution in [-0.2, 0) is 9.53 Å². The van der Waals surface area contributed by atoms with Crippen molar-refractivity contribution in [3.05, 3.63) is 89.5 Å². The average molecular weight is 459 g/mol. The summed E-state index contributed by atoms with van der Waals surface area (Å²) in [5.74, 6) is -2.09. The number of carboxylic acids is 1. The lowest BCUT2D eigenvalue weighted by atomic mass is 9.98. The highest BCUT2D eigenvalue weighted by molar-refractivity contribution is 6.03. The summed E-state index contributed by atoms with van der Waals surface area (Å²) in [6.07, 6.45) is -0.694. The van der Waals surface area contributed by atoms with Crippen LogP contribution in [0.15, 0.2) is 72.8 Å². The van der Waals surface area contributed by atoms with E-state index in [0.29, 0.717) is 0 Å². The summed E-state index contributed by atoms with van der Waals surface area (Å²) in [5.41, 5.74) is 4.86. The van der Waals surface area contributed by atoms with Gasteiger partial charge in [-0.25, -0.2) is 9.59 Å². The fourth-order valence-corrected chi connectivity index (χ4v) is 4.27. The second-order valence-electron chi connectivity index (χ2n) is 8.53. The molecule has 2 amide bonds. The first kappa shape index (κ1) is 23.0. The number of nitrogens with one attached hydrogen (secondary N) is 2. The van der Waals surface area contributed by atoms with E-state index >= 15 is 0 Å². The van der Waals surface area contributed by atoms with Gasteiger partial charge in [0.25, 0.3) is 5.91 Å². The molecule has 174 valence electrons. The Bertz CT molecular complexity index is 1190. The van der Waals surface area contributed by atoms with Crippen LogP contribution < -0.4 is 10.6 Å². The van der Waals surface area contributed by atoms with E-state index < -0.39 is 24.0 Å². The van der Waals surface area contributed by atoms with Crippen LogP contribution in [0, 0.1) is 5.92 Å². The number of carbonyl (C=O) groups is 3. The second kappa shape index (κ2) is 9.79. The van der Waals surface area contributed by atoms with Crippen molar-refractivity contribution in [3.8, 4) is 11.1 Å². The number of para-hydroxylation sites is 1. The lowest BCUT2D eigenvalue weighted by Gasteiger charge is -2.19. The number of anilines is 1. The van der Waals surface area contributed by atoms with Gasteiger partial charge in [0.15, 0.2) is 0 Å². The van der Waals surface area contributed by atoms with Gasteiger partial charge in [0, 0.05) is 5.92 Å². The minimum absolute atomic E-state index is 0.0842. The predicted octanol–water partition coefficient (Wildman–Crippen LogP) is 4.89. The maximum Gasteiger partial charge on any atom is 0.411 e. The summed E-state index contributed by atoms with van der Waals surface area (Å²) in [6, 6.07) is 21.5. The van der Waals surface area contributed by atoms with Crippen molar-refractivity contribution in [3.63, 3.8) is 0 Å². The third-order valence-corrected chi connectivity index (χ3v) is 5.97. The normalized spacial score (nSPS) is 13.0. The van der Waals surface area contributed by atoms with Crippen LogP contribution in [0.3, 0.4) is 0 Å². The summed E-state index contributed by atoms with van der Waals surface area (Å²) in [4.78, 5) is 36.8. The van der Waals surface area contributed by atoms with E-state index in [9.17, 15) is 19.5 Å². The number of hydrogen-bond acceptors (Lipinski definition) is 4. The summed E-state index contributed by atoms with van der Waals surface area (Å²) in [7, 11) is 0. The zero-order valence-electron chi connectivity index (χ0n) is 18.9. The molecule has 3 aromatic rings. The van der Waals surface area contributed by atoms with Gasteiger partial charge < -0.3 is 15.2 Å². The van der Waals surface area contributed by atoms with Crippen LogP contribution in [0.1, 0.15) is 41.3 Å². The van der Waals surface area contributed by atoms with Gasteiger partial charge in [0.05, 0.1) is 11.3 Å². The fourth-order valence-electron chi connectivity index (χ4n) is 4.27. The van der Waals surface area contributed by atoms with Gasteiger partial charge in [-0.05, 0) is 40.3 Å². The van der Waals surface area contributed by atoms with E-state index in [1.807, 2.05) is 36.4 Å². The van der Waals surface area contributed by atoms with Crippen molar-refractivity contribution in [1.29, 1.82) is 0 Å². The first-order chi connectivity index (χ1) is 16.4. The van der Waals surface area contributed by atoms with E-state index in [2.05, 4.69) is 22.8 Å². The van der Waals surface area contributed by atoms with Crippen molar-refractivity contribution < 1.29 is 24.2 Å². The first-order valence-corrected chi connectivity index (χ1v) is 11.1. The smallest absolute Gasteiger partial charge is 0.411 e. The lowest BCUT2D eigenvalue weighted by Crippen LogP contribution is -2.44. The standard InChI is InChI=1S/C27H26N2O5/c1-16(2)24(26(31)32)29-25(30)21-13-7-8-14-23(21)28-27(33)34-15-22-19-11-5-3-9-17(19)18-10-4-6-12-20(18)22/h3-14,16,22,24H,15H2,1-2H3,(H,28,33)(H,29,30)(H,31,32). The molecule has 0 aromatic heterocycles. The molecule has 1 aliphatic rings. The number of amides is 2. The molecule has 7 nitrogen and oxygen atoms in total. The fraction of sp³-hybridized carbons (Fsp3) is 0.222. The SMILES string of the molecule is CC(C)C(NC(=O)c1ccccc1NC(=O)OCC1c2ccccc2-c2ccccc21)C(=O)O. The Labute approximate surface area is 197 Å². The molecule has 34 heavy (non-hydrogen) atoms. The number of ether oxygens (including phenoxy) is 1. The van der Waals surface area contributed by atoms with Crippen molar-refractivity contribution in [2.45, 2.75) is 25.8 Å². The molecule has 0 bridgehead atoms. The van der Waals surface area contributed by atoms with Crippen molar-refractivity contribution in [2.75, 3.05) is 11.9 Å². The van der Waals surface area contributed by atoms with Gasteiger partial charge in [0.2, 0.25) is 0 Å². The van der Waals surface area contributed by atoms with Crippen LogP contribution in [0.5, 0.6) is 0 Å². The molecule has 0 spiro atoms. The molecule has 1 aliphatic carbocycles. The number of fused-ring (bicyclic) bond motifs is 3. The number of carbonyl (C=O) groups excluding carboxylic acids is 2. The molecule has 0 aliphatic heterocycles. The topological polar surface area (TPSA) is 105 Å². The quantitative estimate of drug-likeness (QED) is 0.468. The Kier molecular flexibility index (Phi) is 6.63. The largest absolute Gasteiger partial charge is 0.480 e. The minimum Gasteiger partial charge on any atom is -0.480 e. The number of rotatable bonds is 7. The maximum absolute atomic E-state index is 12.7. The van der Waals surface area contributed by atoms with Gasteiger partial charge in [-0.1, -0.05) is 74.5 Å². The molecule has 1 atom stereocenters. The molecule has 1 unspecified atom stereocenters. The number of carboxylic acid groups (broad SMARTS) is 1. The van der Waals surface area contributed by atoms with Gasteiger partial charge in [-0.3, -0.25) is 10.1 Å². The highest BCUT2D eigenvalue weighted by Crippen LogP contribution is 2.44. The molecule has 3 aromatic carbocycles. The van der Waals surface area contributed by atoms with Gasteiger partial charge in [-0.15, -0.1) is 0 Å². The number of benzene rings is 3. The summed E-state index contributed by atoms with van der Waals surface area (Å²) in [5, 5.41) is 14.5. The van der Waals surface area contributed by atoms with Gasteiger partial charge in [-0.2, -0.15) is 0 Å². The summed E-state index contributed by atoms with van der Waals surface area (Å²) >= 11 is 0. The summed E-state index contributed by atoms with van der Waals surface area (Å²) < 4.78 is 5.56. The van der Waals surface area contributed by atoms with E-state index in [0.717, 1.165) is 22.3 Å². The Morgan fingerprint density at radius 3 is 2.03 bits per heavy atom. The third-order valence-electron chi connectivity index (χ3n) is 5.97. The van der Waals surface area contributed by atoms with Crippen LogP contribution in [0.4, 0.5) is 10.5 Å². The van der Waals surface area contributed by atoms with Gasteiger partial charge >= 0.3 is 12.1 Å². The zero-order chi connectivity index (χ0) is 24.2. The van der Waals surface area contributed by atoms with Crippen molar-refractivity contribution in [2.24, 2.45) is 5.92 Å². The number of aliphatic carboxylic acids is 1. The summed E-state index contributed by atoms with van der Waals surface area (Å²) in [6.45, 7) is 3.56. The Hall–Kier alpha value is -4.13. The molecular weight excluding hydrogens is 432 g/mol. The lowest BCUT2D eigenvalue weighted by molar-refractivity contribution is -0.140. The zero-order valence-corrected chi connectivity index (χ0v) is 18.9. The van der Waals surface area contributed by atoms with Crippen LogP contribution in [0.25, 0.3) is 11.1 Å². The van der Waals surface area contributed by atoms with Crippen molar-refractivity contribution in [1.82, 2.24) is 5.32 Å². The Morgan fingerprint density at radius 2 is 1.44 bits per heavy atom. The van der Waals surface area contributed by atoms with Crippen molar-refractivity contribution >= 4 is 23.7 Å². The molecule has 0 radical (unpaired) electrons. The molecule has 0 saturated carbocycles. The Balaban J connectivity index is 1.46. The minimum atomic E-state index is -1.12. The van der Waals surface area contributed by atoms with E-state index in [4.69, 9.17) is 4.74 Å². The molecule has 0 saturated heterocycles. The van der Waals surface area contributed by atoms with E-state index in [1.165, 1.54) is 6.07 Å². The highest BCUT2D eigenvalue weighted by Gasteiger charge is 2.29. The third kappa shape index (κ3) is 4.64. The predicted molar refractivity (Wildman–Crippen MR) is 129 cm³/mol. The van der Waals surface area contributed by atoms with Crippen LogP contribution in [0.2, 0.25) is 0 Å². The van der Waals surface area contributed by atoms with E-state index in [1.54, 1.807) is 32.0 Å². The number of hydrogen-bond donors (Lipinski definition) is 3. The highest BCUT2D eigenvalue weighted by atomic mass is 16.5. The monoisotopic (exact) mass is 458 g/mol. The Morgan fingerprint density at radius 1 is 0.882 bits per heavy atom. The molecule has 4 rings (SSSR count). The molecule has 3 N–H and O–H groups in total. The van der Waals surface area contributed by atoms with Gasteiger partial charge in [0.1, 0.15) is 12.6 Å².